The third kappa shape index (κ3) is 29.5. The second-order valence-electron chi connectivity index (χ2n) is 16.0. The molecule has 13 nitrogen and oxygen atoms in total. The molecular weight excluding hydrogens is 803 g/mol. The zero-order valence-corrected chi connectivity index (χ0v) is 38.1. The molecule has 0 saturated heterocycles. The number of hydrogen-bond acceptors (Lipinski definition) is 12. The Labute approximate surface area is 366 Å². The molecule has 0 amide bonds. The van der Waals surface area contributed by atoms with Crippen LogP contribution in [0.15, 0.2) is 60.8 Å². The van der Waals surface area contributed by atoms with E-state index in [0.29, 0.717) is 12.8 Å². The lowest BCUT2D eigenvalue weighted by molar-refractivity contribution is -0.220. The maximum atomic E-state index is 12.8. The van der Waals surface area contributed by atoms with Crippen molar-refractivity contribution in [3.05, 3.63) is 60.8 Å². The number of ether oxygens (including phenoxy) is 2. The van der Waals surface area contributed by atoms with Crippen LogP contribution in [0.2, 0.25) is 0 Å². The fraction of sp³-hybridized carbons (Fsp3) is 0.745. The Kier molecular flexibility index (Phi) is 34.3. The zero-order chi connectivity index (χ0) is 45.0. The summed E-state index contributed by atoms with van der Waals surface area (Å²) in [4.78, 5) is 35.7. The van der Waals surface area contributed by atoms with E-state index in [1.54, 1.807) is 0 Å². The molecule has 14 heteroatoms. The molecule has 7 unspecified atom stereocenters. The highest BCUT2D eigenvalue weighted by Gasteiger charge is 2.51. The van der Waals surface area contributed by atoms with Gasteiger partial charge in [0.15, 0.2) is 6.10 Å². The maximum Gasteiger partial charge on any atom is 0.472 e. The molecule has 0 spiro atoms. The number of phosphoric ester groups is 1. The van der Waals surface area contributed by atoms with E-state index in [1.165, 1.54) is 70.6 Å². The predicted octanol–water partition coefficient (Wildman–Crippen LogP) is 8.94. The van der Waals surface area contributed by atoms with E-state index >= 15 is 0 Å². The summed E-state index contributed by atoms with van der Waals surface area (Å²) in [6.45, 7) is 3.11. The van der Waals surface area contributed by atoms with Gasteiger partial charge in [0.05, 0.1) is 6.61 Å². The minimum atomic E-state index is -5.13. The predicted molar refractivity (Wildman–Crippen MR) is 239 cm³/mol. The first kappa shape index (κ1) is 56.6. The number of phosphoric acid groups is 1. The van der Waals surface area contributed by atoms with Crippen LogP contribution in [0.25, 0.3) is 0 Å². The molecule has 1 aliphatic carbocycles. The van der Waals surface area contributed by atoms with Crippen LogP contribution in [0.1, 0.15) is 168 Å². The van der Waals surface area contributed by atoms with Crippen molar-refractivity contribution >= 4 is 19.8 Å². The van der Waals surface area contributed by atoms with Crippen molar-refractivity contribution in [2.24, 2.45) is 0 Å². The van der Waals surface area contributed by atoms with Gasteiger partial charge in [-0.05, 0) is 57.8 Å². The number of esters is 2. The number of allylic oxidation sites excluding steroid dienone is 10. The van der Waals surface area contributed by atoms with Crippen LogP contribution in [-0.2, 0) is 32.7 Å². The molecule has 0 aromatic rings. The van der Waals surface area contributed by atoms with Gasteiger partial charge < -0.3 is 39.9 Å². The van der Waals surface area contributed by atoms with Crippen molar-refractivity contribution in [2.75, 3.05) is 13.2 Å². The van der Waals surface area contributed by atoms with Crippen LogP contribution >= 0.6 is 7.82 Å². The van der Waals surface area contributed by atoms with E-state index in [-0.39, 0.29) is 12.8 Å². The summed E-state index contributed by atoms with van der Waals surface area (Å²) in [5, 5.41) is 50.1. The Balaban J connectivity index is 2.46. The van der Waals surface area contributed by atoms with Crippen LogP contribution in [0, 0.1) is 0 Å². The highest BCUT2D eigenvalue weighted by Crippen LogP contribution is 2.47. The molecule has 1 rings (SSSR count). The number of carbonyl (C=O) groups excluding carboxylic acids is 2. The van der Waals surface area contributed by atoms with Crippen LogP contribution < -0.4 is 0 Å². The second kappa shape index (κ2) is 37.0. The average molecular weight is 885 g/mol. The van der Waals surface area contributed by atoms with Crippen molar-refractivity contribution in [3.63, 3.8) is 0 Å². The van der Waals surface area contributed by atoms with Crippen LogP contribution in [-0.4, -0.2) is 98.3 Å². The minimum absolute atomic E-state index is 0.0477. The molecule has 0 radical (unpaired) electrons. The number of aliphatic hydroxyl groups is 5. The number of aliphatic hydroxyl groups excluding tert-OH is 5. The first-order valence-electron chi connectivity index (χ1n) is 23.1. The Hall–Kier alpha value is -2.45. The largest absolute Gasteiger partial charge is 0.472 e. The van der Waals surface area contributed by atoms with E-state index in [0.717, 1.165) is 57.8 Å². The van der Waals surface area contributed by atoms with Gasteiger partial charge in [-0.25, -0.2) is 4.57 Å². The lowest BCUT2D eigenvalue weighted by Crippen LogP contribution is -2.64. The number of carbonyl (C=O) groups is 2. The molecular formula is C47H81O13P. The standard InChI is InChI=1S/C47H81O13P/c1-3-5-7-9-11-13-15-17-18-19-20-21-22-24-25-27-29-31-33-35-40(48)57-37-39(38-58-61(55,56)60-47-45(53)43(51)42(50)44(52)46(47)54)59-41(49)36-34-32-30-28-26-23-16-14-12-10-8-6-4-2/h6,8,10,12,14,16,19-20,23,26,39,42-47,50-54H,3-5,7,9,11,13,15,17-18,21-22,24-25,27-38H2,1-2H3,(H,55,56)/b8-6+,12-10+,16-14+,20-19+,26-23+/t39?,42?,43-,44?,45?,46?,47?/m0/s1. The van der Waals surface area contributed by atoms with Crippen molar-refractivity contribution in [3.8, 4) is 0 Å². The Morgan fingerprint density at radius 1 is 0.525 bits per heavy atom. The molecule has 352 valence electrons. The summed E-state index contributed by atoms with van der Waals surface area (Å²) in [5.74, 6) is -1.15. The second-order valence-corrected chi connectivity index (χ2v) is 17.4. The van der Waals surface area contributed by atoms with Gasteiger partial charge in [-0.2, -0.15) is 0 Å². The summed E-state index contributed by atoms with van der Waals surface area (Å²) in [6.07, 6.45) is 31.4. The van der Waals surface area contributed by atoms with Gasteiger partial charge >= 0.3 is 19.8 Å². The quantitative estimate of drug-likeness (QED) is 0.0113. The topological polar surface area (TPSA) is 210 Å². The highest BCUT2D eigenvalue weighted by molar-refractivity contribution is 7.47. The van der Waals surface area contributed by atoms with Gasteiger partial charge in [-0.1, -0.05) is 158 Å². The smallest absolute Gasteiger partial charge is 0.462 e. The van der Waals surface area contributed by atoms with Crippen LogP contribution in [0.4, 0.5) is 0 Å². The van der Waals surface area contributed by atoms with Gasteiger partial charge in [0.25, 0.3) is 0 Å². The van der Waals surface area contributed by atoms with Crippen molar-refractivity contribution in [1.29, 1.82) is 0 Å². The molecule has 0 aliphatic heterocycles. The monoisotopic (exact) mass is 885 g/mol. The molecule has 0 aromatic heterocycles. The number of unbranched alkanes of at least 4 members (excludes halogenated alkanes) is 18. The highest BCUT2D eigenvalue weighted by atomic mass is 31.2. The van der Waals surface area contributed by atoms with E-state index in [9.17, 15) is 44.6 Å². The lowest BCUT2D eigenvalue weighted by Gasteiger charge is -2.41. The van der Waals surface area contributed by atoms with Gasteiger partial charge in [0, 0.05) is 12.8 Å². The van der Waals surface area contributed by atoms with Crippen LogP contribution in [0.5, 0.6) is 0 Å². The molecule has 1 fully saturated rings. The van der Waals surface area contributed by atoms with Crippen LogP contribution in [0.3, 0.4) is 0 Å². The van der Waals surface area contributed by atoms with E-state index in [2.05, 4.69) is 32.1 Å². The molecule has 61 heavy (non-hydrogen) atoms. The minimum Gasteiger partial charge on any atom is -0.462 e. The van der Waals surface area contributed by atoms with Crippen molar-refractivity contribution in [1.82, 2.24) is 0 Å². The Morgan fingerprint density at radius 2 is 0.951 bits per heavy atom. The molecule has 1 aliphatic rings. The molecule has 0 bridgehead atoms. The number of rotatable bonds is 37. The molecule has 0 heterocycles. The van der Waals surface area contributed by atoms with Crippen molar-refractivity contribution < 1.29 is 63.1 Å². The summed E-state index contributed by atoms with van der Waals surface area (Å²) in [7, 11) is -5.13. The first-order valence-corrected chi connectivity index (χ1v) is 24.6. The fourth-order valence-electron chi connectivity index (χ4n) is 6.70. The molecule has 8 atom stereocenters. The third-order valence-corrected chi connectivity index (χ3v) is 11.4. The maximum absolute atomic E-state index is 12.8. The zero-order valence-electron chi connectivity index (χ0n) is 37.2. The van der Waals surface area contributed by atoms with E-state index < -0.39 is 75.7 Å². The summed E-state index contributed by atoms with van der Waals surface area (Å²) in [6, 6.07) is 0. The van der Waals surface area contributed by atoms with E-state index in [1.807, 2.05) is 42.5 Å². The van der Waals surface area contributed by atoms with Gasteiger partial charge in [0.1, 0.15) is 43.2 Å². The first-order chi connectivity index (χ1) is 29.4. The fourth-order valence-corrected chi connectivity index (χ4v) is 7.68. The summed E-state index contributed by atoms with van der Waals surface area (Å²) < 4.78 is 33.5. The average Bonchev–Trinajstić information content (AvgIpc) is 3.24. The summed E-state index contributed by atoms with van der Waals surface area (Å²) >= 11 is 0. The lowest BCUT2D eigenvalue weighted by atomic mass is 9.85. The van der Waals surface area contributed by atoms with E-state index in [4.69, 9.17) is 18.5 Å². The third-order valence-electron chi connectivity index (χ3n) is 10.4. The number of hydrogen-bond donors (Lipinski definition) is 6. The molecule has 6 N–H and O–H groups in total. The van der Waals surface area contributed by atoms with Gasteiger partial charge in [-0.3, -0.25) is 18.6 Å². The molecule has 1 saturated carbocycles. The van der Waals surface area contributed by atoms with Gasteiger partial charge in [-0.15, -0.1) is 0 Å². The molecule has 0 aromatic carbocycles. The Bertz CT molecular complexity index is 1300. The SMILES string of the molecule is CC/C=C/C=C/C=C/C=C/CCCCCC(=O)OC(COC(=O)CCCCCCCCC/C=C/CCCCCCCCCC)COP(=O)(O)OC1C(O)C(O)C(O)[C@H](O)C1O. The van der Waals surface area contributed by atoms with Crippen molar-refractivity contribution in [2.45, 2.75) is 211 Å². The Morgan fingerprint density at radius 3 is 1.49 bits per heavy atom. The summed E-state index contributed by atoms with van der Waals surface area (Å²) in [5.41, 5.74) is 0. The normalized spacial score (nSPS) is 22.6. The van der Waals surface area contributed by atoms with Gasteiger partial charge in [0.2, 0.25) is 0 Å².